The minimum atomic E-state index is -0.939. The smallest absolute Gasteiger partial charge is 0.489 e. The number of carbonyl (C=O) groups is 1. The fourth-order valence-corrected chi connectivity index (χ4v) is 1.72. The summed E-state index contributed by atoms with van der Waals surface area (Å²) in [5, 5.41) is 9.24. The molecule has 1 aromatic carbocycles. The molecule has 2 rings (SSSR count). The zero-order chi connectivity index (χ0) is 12.5. The molecular weight excluding hydrogens is 222 g/mol. The number of hydrogen-bond acceptors (Lipinski definition) is 3. The van der Waals surface area contributed by atoms with Gasteiger partial charge in [0.2, 0.25) is 5.75 Å². The Morgan fingerprint density at radius 1 is 1.29 bits per heavy atom. The lowest BCUT2D eigenvalue weighted by atomic mass is 10.2. The Bertz CT molecular complexity index is 442. The van der Waals surface area contributed by atoms with Gasteiger partial charge >= 0.3 is 6.09 Å². The molecule has 0 radical (unpaired) electrons. The monoisotopic (exact) mass is 238 g/mol. The molecule has 0 spiro atoms. The minimum absolute atomic E-state index is 0.285. The maximum absolute atomic E-state index is 11.3. The number of fused-ring (bicyclic) bond motifs is 1. The van der Waals surface area contributed by atoms with Crippen LogP contribution in [-0.4, -0.2) is 38.5 Å². The highest BCUT2D eigenvalue weighted by Gasteiger charge is 2.34. The number of quaternary nitrogens is 1. The van der Waals surface area contributed by atoms with Gasteiger partial charge in [-0.3, -0.25) is 0 Å². The van der Waals surface area contributed by atoms with Crippen molar-refractivity contribution in [2.75, 3.05) is 27.3 Å². The molecule has 92 valence electrons. The van der Waals surface area contributed by atoms with E-state index in [9.17, 15) is 9.90 Å². The van der Waals surface area contributed by atoms with Crippen molar-refractivity contribution in [1.29, 1.82) is 0 Å². The van der Waals surface area contributed by atoms with Crippen LogP contribution in [0.5, 0.6) is 11.5 Å². The van der Waals surface area contributed by atoms with E-state index in [1.807, 2.05) is 0 Å². The van der Waals surface area contributed by atoms with Gasteiger partial charge in [0.1, 0.15) is 0 Å². The third-order valence-electron chi connectivity index (χ3n) is 2.83. The van der Waals surface area contributed by atoms with Gasteiger partial charge in [-0.15, -0.1) is 0 Å². The molecule has 0 aromatic heterocycles. The van der Waals surface area contributed by atoms with Gasteiger partial charge in [0.25, 0.3) is 0 Å². The molecule has 0 atom stereocenters. The first-order chi connectivity index (χ1) is 8.03. The standard InChI is InChI=1S/C12H15NO4/c1-13(2,12(14)15)9-5-3-6-10-11(9)17-8-4-7-16-10/h3,5-6H,4,7-8H2,1-2H3/p+1. The number of nitrogens with zero attached hydrogens (tertiary/aromatic N) is 1. The Labute approximate surface area is 99.8 Å². The summed E-state index contributed by atoms with van der Waals surface area (Å²) in [7, 11) is 3.21. The quantitative estimate of drug-likeness (QED) is 0.761. The van der Waals surface area contributed by atoms with E-state index in [1.54, 1.807) is 32.3 Å². The molecule has 1 aromatic rings. The highest BCUT2D eigenvalue weighted by molar-refractivity contribution is 5.83. The second-order valence-corrected chi connectivity index (χ2v) is 4.39. The molecule has 17 heavy (non-hydrogen) atoms. The molecule has 0 saturated heterocycles. The lowest BCUT2D eigenvalue weighted by Crippen LogP contribution is -2.45. The zero-order valence-electron chi connectivity index (χ0n) is 9.97. The van der Waals surface area contributed by atoms with E-state index >= 15 is 0 Å². The molecule has 0 saturated carbocycles. The van der Waals surface area contributed by atoms with Crippen molar-refractivity contribution in [2.24, 2.45) is 0 Å². The Balaban J connectivity index is 2.52. The molecule has 0 unspecified atom stereocenters. The topological polar surface area (TPSA) is 55.8 Å². The zero-order valence-corrected chi connectivity index (χ0v) is 9.97. The summed E-state index contributed by atoms with van der Waals surface area (Å²) < 4.78 is 10.9. The van der Waals surface area contributed by atoms with E-state index in [1.165, 1.54) is 0 Å². The molecular formula is C12H16NO4+. The summed E-state index contributed by atoms with van der Waals surface area (Å²) in [5.74, 6) is 1.16. The maximum Gasteiger partial charge on any atom is 0.518 e. The van der Waals surface area contributed by atoms with Gasteiger partial charge in [-0.05, 0) is 6.07 Å². The number of ether oxygens (including phenoxy) is 2. The van der Waals surface area contributed by atoms with Crippen molar-refractivity contribution in [1.82, 2.24) is 4.48 Å². The van der Waals surface area contributed by atoms with Crippen molar-refractivity contribution in [3.8, 4) is 11.5 Å². The van der Waals surface area contributed by atoms with Crippen molar-refractivity contribution >= 4 is 11.8 Å². The van der Waals surface area contributed by atoms with Crippen molar-refractivity contribution in [3.05, 3.63) is 18.2 Å². The van der Waals surface area contributed by atoms with Gasteiger partial charge in [0.05, 0.1) is 27.3 Å². The third-order valence-corrected chi connectivity index (χ3v) is 2.83. The first-order valence-corrected chi connectivity index (χ1v) is 5.50. The van der Waals surface area contributed by atoms with Crippen LogP contribution in [0.4, 0.5) is 10.5 Å². The normalized spacial score (nSPS) is 15.2. The summed E-state index contributed by atoms with van der Waals surface area (Å²) >= 11 is 0. The summed E-state index contributed by atoms with van der Waals surface area (Å²) in [6, 6.07) is 5.33. The van der Waals surface area contributed by atoms with E-state index in [2.05, 4.69) is 0 Å². The van der Waals surface area contributed by atoms with E-state index in [-0.39, 0.29) is 4.48 Å². The number of carboxylic acid groups (broad SMARTS) is 1. The Morgan fingerprint density at radius 2 is 2.00 bits per heavy atom. The summed E-state index contributed by atoms with van der Waals surface area (Å²) in [6.07, 6.45) is -0.138. The van der Waals surface area contributed by atoms with Crippen LogP contribution < -0.4 is 14.0 Å². The van der Waals surface area contributed by atoms with Crippen LogP contribution in [0, 0.1) is 0 Å². The number of hydrogen-bond donors (Lipinski definition) is 1. The van der Waals surface area contributed by atoms with Crippen LogP contribution in [0.1, 0.15) is 6.42 Å². The maximum atomic E-state index is 11.3. The second kappa shape index (κ2) is 4.25. The van der Waals surface area contributed by atoms with Crippen molar-refractivity contribution in [3.63, 3.8) is 0 Å². The molecule has 5 heteroatoms. The summed E-state index contributed by atoms with van der Waals surface area (Å²) in [4.78, 5) is 11.3. The highest BCUT2D eigenvalue weighted by Crippen LogP contribution is 2.40. The summed E-state index contributed by atoms with van der Waals surface area (Å²) in [5.41, 5.74) is 0.594. The molecule has 0 bridgehead atoms. The predicted molar refractivity (Wildman–Crippen MR) is 63.7 cm³/mol. The Hall–Kier alpha value is -1.75. The number of rotatable bonds is 1. The number of benzene rings is 1. The average Bonchev–Trinajstić information content (AvgIpc) is 2.52. The SMILES string of the molecule is C[N+](C)(C(=O)O)c1cccc2c1OCCCO2. The number of para-hydroxylation sites is 1. The minimum Gasteiger partial charge on any atom is -0.489 e. The highest BCUT2D eigenvalue weighted by atomic mass is 16.5. The first kappa shape index (κ1) is 11.7. The molecule has 0 fully saturated rings. The fraction of sp³-hybridized carbons (Fsp3) is 0.417. The van der Waals surface area contributed by atoms with E-state index in [0.29, 0.717) is 30.4 Å². The molecule has 1 aliphatic rings. The lowest BCUT2D eigenvalue weighted by molar-refractivity contribution is 0.164. The van der Waals surface area contributed by atoms with Crippen LogP contribution in [0.3, 0.4) is 0 Å². The van der Waals surface area contributed by atoms with Gasteiger partial charge in [-0.25, -0.2) is 0 Å². The van der Waals surface area contributed by atoms with Crippen LogP contribution in [-0.2, 0) is 0 Å². The summed E-state index contributed by atoms with van der Waals surface area (Å²) in [6.45, 7) is 1.14. The average molecular weight is 238 g/mol. The van der Waals surface area contributed by atoms with Crippen LogP contribution in [0.2, 0.25) is 0 Å². The van der Waals surface area contributed by atoms with E-state index in [0.717, 1.165) is 6.42 Å². The van der Waals surface area contributed by atoms with Gasteiger partial charge in [0.15, 0.2) is 11.4 Å². The molecule has 1 aliphatic heterocycles. The fourth-order valence-electron chi connectivity index (χ4n) is 1.72. The van der Waals surface area contributed by atoms with Gasteiger partial charge in [-0.1, -0.05) is 6.07 Å². The largest absolute Gasteiger partial charge is 0.518 e. The molecule has 5 nitrogen and oxygen atoms in total. The van der Waals surface area contributed by atoms with Crippen LogP contribution >= 0.6 is 0 Å². The third kappa shape index (κ3) is 2.06. The van der Waals surface area contributed by atoms with Gasteiger partial charge in [0, 0.05) is 12.5 Å². The number of amides is 1. The van der Waals surface area contributed by atoms with Crippen molar-refractivity contribution in [2.45, 2.75) is 6.42 Å². The molecule has 0 aliphatic carbocycles. The lowest BCUT2D eigenvalue weighted by Gasteiger charge is -2.24. The Morgan fingerprint density at radius 3 is 2.71 bits per heavy atom. The first-order valence-electron chi connectivity index (χ1n) is 5.50. The molecule has 1 heterocycles. The predicted octanol–water partition coefficient (Wildman–Crippen LogP) is 2.09. The van der Waals surface area contributed by atoms with Crippen LogP contribution in [0.15, 0.2) is 18.2 Å². The van der Waals surface area contributed by atoms with Gasteiger partial charge < -0.3 is 14.6 Å². The van der Waals surface area contributed by atoms with E-state index < -0.39 is 6.09 Å². The van der Waals surface area contributed by atoms with Gasteiger partial charge in [-0.2, -0.15) is 9.28 Å². The Kier molecular flexibility index (Phi) is 2.93. The van der Waals surface area contributed by atoms with E-state index in [4.69, 9.17) is 9.47 Å². The molecule has 1 N–H and O–H groups in total. The second-order valence-electron chi connectivity index (χ2n) is 4.39. The van der Waals surface area contributed by atoms with Crippen LogP contribution in [0.25, 0.3) is 0 Å². The van der Waals surface area contributed by atoms with Crippen molar-refractivity contribution < 1.29 is 19.4 Å². The molecule has 1 amide bonds.